The van der Waals surface area contributed by atoms with Gasteiger partial charge in [-0.15, -0.1) is 0 Å². The number of nitrogens with zero attached hydrogens (tertiary/aromatic N) is 5. The Morgan fingerprint density at radius 1 is 1.41 bits per heavy atom. The van der Waals surface area contributed by atoms with Gasteiger partial charge < -0.3 is 15.3 Å². The van der Waals surface area contributed by atoms with Crippen molar-refractivity contribution in [2.45, 2.75) is 39.0 Å². The Morgan fingerprint density at radius 2 is 2.26 bits per heavy atom. The van der Waals surface area contributed by atoms with Crippen LogP contribution in [-0.2, 0) is 6.54 Å². The van der Waals surface area contributed by atoms with Gasteiger partial charge in [0.1, 0.15) is 12.1 Å². The Bertz CT molecular complexity index is 716. The van der Waals surface area contributed by atoms with Crippen LogP contribution in [0.5, 0.6) is 0 Å². The summed E-state index contributed by atoms with van der Waals surface area (Å²) in [5, 5.41) is 12.6. The molecule has 8 nitrogen and oxygen atoms in total. The average molecular weight is 372 g/mol. The van der Waals surface area contributed by atoms with Gasteiger partial charge in [-0.25, -0.2) is 14.8 Å². The van der Waals surface area contributed by atoms with Gasteiger partial charge in [0.2, 0.25) is 0 Å². The van der Waals surface area contributed by atoms with E-state index in [1.54, 1.807) is 25.6 Å². The molecule has 0 aliphatic carbocycles. The topological polar surface area (TPSA) is 86.5 Å². The summed E-state index contributed by atoms with van der Waals surface area (Å²) in [4.78, 5) is 25.1. The second kappa shape index (κ2) is 8.96. The van der Waals surface area contributed by atoms with Gasteiger partial charge in [0.05, 0.1) is 6.10 Å². The normalized spacial score (nSPS) is 19.1. The van der Waals surface area contributed by atoms with Gasteiger partial charge in [-0.05, 0) is 25.0 Å². The van der Waals surface area contributed by atoms with Crippen molar-refractivity contribution in [3.63, 3.8) is 0 Å². The Labute approximate surface area is 159 Å². The predicted molar refractivity (Wildman–Crippen MR) is 103 cm³/mol. The molecule has 2 atom stereocenters. The number of piperazine rings is 1. The van der Waals surface area contributed by atoms with Crippen molar-refractivity contribution in [1.29, 1.82) is 0 Å². The first kappa shape index (κ1) is 19.3. The molecule has 8 heteroatoms. The number of carbonyl (C=O) groups is 1. The van der Waals surface area contributed by atoms with Crippen LogP contribution in [0, 0.1) is 0 Å². The standard InChI is InChI=1S/C19H28N6O2/c1-3-17-13-24(9-8-23(17)12-15(2)26)19(27)22-11-16-4-5-18(21-10-16)25-7-6-20-14-25/h4-7,10,14-15,17,26H,3,8-9,11-13H2,1-2H3,(H,22,27). The van der Waals surface area contributed by atoms with Crippen molar-refractivity contribution in [2.24, 2.45) is 0 Å². The maximum Gasteiger partial charge on any atom is 0.317 e. The van der Waals surface area contributed by atoms with E-state index in [0.717, 1.165) is 24.3 Å². The zero-order valence-electron chi connectivity index (χ0n) is 16.0. The van der Waals surface area contributed by atoms with Gasteiger partial charge in [0.15, 0.2) is 0 Å². The highest BCUT2D eigenvalue weighted by molar-refractivity contribution is 5.74. The van der Waals surface area contributed by atoms with Crippen molar-refractivity contribution >= 4 is 6.03 Å². The predicted octanol–water partition coefficient (Wildman–Crippen LogP) is 1.25. The largest absolute Gasteiger partial charge is 0.392 e. The number of pyridine rings is 1. The molecule has 1 aliphatic rings. The van der Waals surface area contributed by atoms with Crippen molar-refractivity contribution in [3.8, 4) is 5.82 Å². The molecule has 0 saturated carbocycles. The SMILES string of the molecule is CCC1CN(C(=O)NCc2ccc(-n3ccnc3)nc2)CCN1CC(C)O. The Balaban J connectivity index is 1.50. The quantitative estimate of drug-likeness (QED) is 0.797. The summed E-state index contributed by atoms with van der Waals surface area (Å²) in [5.41, 5.74) is 0.951. The number of rotatable bonds is 6. The molecule has 0 bridgehead atoms. The molecule has 0 radical (unpaired) electrons. The van der Waals surface area contributed by atoms with E-state index in [0.29, 0.717) is 26.2 Å². The molecule has 2 N–H and O–H groups in total. The van der Waals surface area contributed by atoms with E-state index in [4.69, 9.17) is 0 Å². The molecular weight excluding hydrogens is 344 g/mol. The number of nitrogens with one attached hydrogen (secondary N) is 1. The molecule has 2 unspecified atom stereocenters. The molecule has 1 saturated heterocycles. The van der Waals surface area contributed by atoms with Crippen molar-refractivity contribution in [2.75, 3.05) is 26.2 Å². The minimum atomic E-state index is -0.350. The first-order chi connectivity index (χ1) is 13.1. The molecular formula is C19H28N6O2. The third kappa shape index (κ3) is 5.05. The van der Waals surface area contributed by atoms with Crippen LogP contribution in [0.2, 0.25) is 0 Å². The summed E-state index contributed by atoms with van der Waals surface area (Å²) < 4.78 is 1.83. The van der Waals surface area contributed by atoms with Crippen LogP contribution in [0.25, 0.3) is 5.82 Å². The number of aromatic nitrogens is 3. The lowest BCUT2D eigenvalue weighted by molar-refractivity contribution is 0.0484. The highest BCUT2D eigenvalue weighted by atomic mass is 16.3. The fraction of sp³-hybridized carbons (Fsp3) is 0.526. The second-order valence-electron chi connectivity index (χ2n) is 7.01. The van der Waals surface area contributed by atoms with Crippen LogP contribution in [0.4, 0.5) is 4.79 Å². The smallest absolute Gasteiger partial charge is 0.317 e. The summed E-state index contributed by atoms with van der Waals surface area (Å²) in [6.07, 6.45) is 7.62. The lowest BCUT2D eigenvalue weighted by Gasteiger charge is -2.41. The molecule has 3 rings (SSSR count). The Morgan fingerprint density at radius 3 is 2.89 bits per heavy atom. The fourth-order valence-corrected chi connectivity index (χ4v) is 3.40. The van der Waals surface area contributed by atoms with Crippen LogP contribution in [-0.4, -0.2) is 73.8 Å². The van der Waals surface area contributed by atoms with E-state index in [1.807, 2.05) is 27.8 Å². The zero-order chi connectivity index (χ0) is 19.2. The minimum Gasteiger partial charge on any atom is -0.392 e. The van der Waals surface area contributed by atoms with Gasteiger partial charge in [-0.2, -0.15) is 0 Å². The van der Waals surface area contributed by atoms with Crippen molar-refractivity contribution in [3.05, 3.63) is 42.6 Å². The third-order valence-corrected chi connectivity index (χ3v) is 4.88. The van der Waals surface area contributed by atoms with Gasteiger partial charge in [-0.3, -0.25) is 9.47 Å². The van der Waals surface area contributed by atoms with Crippen LogP contribution >= 0.6 is 0 Å². The number of aliphatic hydroxyl groups is 1. The Kier molecular flexibility index (Phi) is 6.41. The van der Waals surface area contributed by atoms with Crippen LogP contribution in [0.15, 0.2) is 37.1 Å². The molecule has 1 fully saturated rings. The van der Waals surface area contributed by atoms with Crippen LogP contribution in [0.1, 0.15) is 25.8 Å². The summed E-state index contributed by atoms with van der Waals surface area (Å²) in [6, 6.07) is 4.10. The number of urea groups is 1. The molecule has 0 aromatic carbocycles. The molecule has 146 valence electrons. The molecule has 2 amide bonds. The van der Waals surface area contributed by atoms with Gasteiger partial charge >= 0.3 is 6.03 Å². The van der Waals surface area contributed by atoms with E-state index in [9.17, 15) is 9.90 Å². The number of β-amino-alcohol motifs (C(OH)–C–C–N with tert-alkyl or cyclic N) is 1. The van der Waals surface area contributed by atoms with Crippen molar-refractivity contribution in [1.82, 2.24) is 29.7 Å². The zero-order valence-corrected chi connectivity index (χ0v) is 16.0. The summed E-state index contributed by atoms with van der Waals surface area (Å²) >= 11 is 0. The molecule has 2 aromatic heterocycles. The summed E-state index contributed by atoms with van der Waals surface area (Å²) in [5.74, 6) is 0.794. The molecule has 27 heavy (non-hydrogen) atoms. The second-order valence-corrected chi connectivity index (χ2v) is 7.01. The first-order valence-electron chi connectivity index (χ1n) is 9.45. The maximum absolute atomic E-state index is 12.5. The molecule has 2 aromatic rings. The fourth-order valence-electron chi connectivity index (χ4n) is 3.40. The van der Waals surface area contributed by atoms with E-state index < -0.39 is 0 Å². The monoisotopic (exact) mass is 372 g/mol. The molecule has 0 spiro atoms. The summed E-state index contributed by atoms with van der Waals surface area (Å²) in [7, 11) is 0. The third-order valence-electron chi connectivity index (χ3n) is 4.88. The van der Waals surface area contributed by atoms with Gasteiger partial charge in [0, 0.05) is 57.4 Å². The average Bonchev–Trinajstić information content (AvgIpc) is 3.21. The highest BCUT2D eigenvalue weighted by Crippen LogP contribution is 2.14. The van der Waals surface area contributed by atoms with Crippen LogP contribution in [0.3, 0.4) is 0 Å². The van der Waals surface area contributed by atoms with Crippen LogP contribution < -0.4 is 5.32 Å². The van der Waals surface area contributed by atoms with Crippen molar-refractivity contribution < 1.29 is 9.90 Å². The van der Waals surface area contributed by atoms with E-state index in [-0.39, 0.29) is 18.2 Å². The molecule has 1 aliphatic heterocycles. The number of carbonyl (C=O) groups excluding carboxylic acids is 1. The van der Waals surface area contributed by atoms with Gasteiger partial charge in [0.25, 0.3) is 0 Å². The van der Waals surface area contributed by atoms with E-state index in [2.05, 4.69) is 27.1 Å². The number of aliphatic hydroxyl groups excluding tert-OH is 1. The minimum absolute atomic E-state index is 0.0520. The number of hydrogen-bond donors (Lipinski definition) is 2. The number of amides is 2. The maximum atomic E-state index is 12.5. The summed E-state index contributed by atoms with van der Waals surface area (Å²) in [6.45, 7) is 7.17. The Hall–Kier alpha value is -2.45. The van der Waals surface area contributed by atoms with E-state index in [1.165, 1.54) is 0 Å². The number of imidazole rings is 1. The number of hydrogen-bond acceptors (Lipinski definition) is 5. The lowest BCUT2D eigenvalue weighted by atomic mass is 10.1. The molecule has 3 heterocycles. The highest BCUT2D eigenvalue weighted by Gasteiger charge is 2.28. The van der Waals surface area contributed by atoms with E-state index >= 15 is 0 Å². The lowest BCUT2D eigenvalue weighted by Crippen LogP contribution is -2.57. The first-order valence-corrected chi connectivity index (χ1v) is 9.45. The van der Waals surface area contributed by atoms with Gasteiger partial charge in [-0.1, -0.05) is 13.0 Å².